The van der Waals surface area contributed by atoms with Gasteiger partial charge in [0.2, 0.25) is 5.91 Å². The summed E-state index contributed by atoms with van der Waals surface area (Å²) in [5.41, 5.74) is 1.67. The lowest BCUT2D eigenvalue weighted by Gasteiger charge is -2.53. The average molecular weight is 507 g/mol. The summed E-state index contributed by atoms with van der Waals surface area (Å²) >= 11 is 0. The molecule has 7 nitrogen and oxygen atoms in total. The number of nitrogens with one attached hydrogen (secondary N) is 1. The number of benzene rings is 2. The highest BCUT2D eigenvalue weighted by atomic mass is 16.5. The minimum atomic E-state index is -0.640. The fourth-order valence-electron chi connectivity index (χ4n) is 6.06. The maximum absolute atomic E-state index is 13.6. The Morgan fingerprint density at radius 1 is 1.11 bits per heavy atom. The van der Waals surface area contributed by atoms with Crippen molar-refractivity contribution in [3.8, 4) is 5.75 Å². The number of hydrogen-bond acceptors (Lipinski definition) is 5. The van der Waals surface area contributed by atoms with Crippen LogP contribution in [0.25, 0.3) is 0 Å². The van der Waals surface area contributed by atoms with E-state index in [0.717, 1.165) is 29.7 Å². The van der Waals surface area contributed by atoms with E-state index in [1.807, 2.05) is 67.3 Å². The van der Waals surface area contributed by atoms with Gasteiger partial charge in [-0.05, 0) is 44.2 Å². The summed E-state index contributed by atoms with van der Waals surface area (Å²) < 4.78 is 18.5. The van der Waals surface area contributed by atoms with Crippen LogP contribution in [0.4, 0.5) is 4.79 Å². The molecule has 7 heteroatoms. The molecular formula is C30H38N2O5. The molecule has 2 aromatic carbocycles. The molecule has 3 heterocycles. The third-order valence-electron chi connectivity index (χ3n) is 8.13. The number of rotatable bonds is 5. The zero-order valence-electron chi connectivity index (χ0n) is 22.2. The molecule has 0 bridgehead atoms. The molecule has 5 rings (SSSR count). The van der Waals surface area contributed by atoms with E-state index >= 15 is 0 Å². The molecule has 0 saturated carbocycles. The number of para-hydroxylation sites is 1. The Labute approximate surface area is 219 Å². The van der Waals surface area contributed by atoms with Gasteiger partial charge in [-0.3, -0.25) is 4.79 Å². The van der Waals surface area contributed by atoms with Crippen LogP contribution in [0.1, 0.15) is 57.8 Å². The monoisotopic (exact) mass is 506 g/mol. The van der Waals surface area contributed by atoms with Crippen molar-refractivity contribution >= 4 is 12.0 Å². The van der Waals surface area contributed by atoms with Gasteiger partial charge in [0, 0.05) is 30.5 Å². The molecule has 3 aliphatic rings. The van der Waals surface area contributed by atoms with E-state index in [9.17, 15) is 9.59 Å². The molecule has 3 aliphatic heterocycles. The van der Waals surface area contributed by atoms with Gasteiger partial charge >= 0.3 is 6.09 Å². The maximum atomic E-state index is 13.6. The smallest absolute Gasteiger partial charge is 0.408 e. The number of piperidine rings is 1. The minimum absolute atomic E-state index is 0.00733. The van der Waals surface area contributed by atoms with Crippen LogP contribution in [0, 0.1) is 17.8 Å². The first-order valence-corrected chi connectivity index (χ1v) is 13.4. The largest absolute Gasteiger partial charge is 0.487 e. The van der Waals surface area contributed by atoms with E-state index in [1.165, 1.54) is 0 Å². The van der Waals surface area contributed by atoms with Crippen molar-refractivity contribution in [3.05, 3.63) is 65.7 Å². The number of alkyl carbamates (subject to hydrolysis) is 1. The van der Waals surface area contributed by atoms with E-state index < -0.39 is 12.1 Å². The van der Waals surface area contributed by atoms with Gasteiger partial charge in [-0.2, -0.15) is 0 Å². The maximum Gasteiger partial charge on any atom is 0.408 e. The highest BCUT2D eigenvalue weighted by molar-refractivity contribution is 5.86. The number of carbonyl (C=O) groups is 2. The summed E-state index contributed by atoms with van der Waals surface area (Å²) in [6.45, 7) is 9.56. The topological polar surface area (TPSA) is 77.1 Å². The molecule has 2 aromatic rings. The van der Waals surface area contributed by atoms with Crippen LogP contribution < -0.4 is 10.1 Å². The summed E-state index contributed by atoms with van der Waals surface area (Å²) in [5.74, 6) is 1.21. The summed E-state index contributed by atoms with van der Waals surface area (Å²) in [7, 11) is 0. The van der Waals surface area contributed by atoms with Crippen LogP contribution in [0.3, 0.4) is 0 Å². The number of likely N-dealkylation sites (tertiary alicyclic amines) is 1. The number of fused-ring (bicyclic) bond motifs is 4. The number of carbonyl (C=O) groups excluding carboxylic acids is 2. The highest BCUT2D eigenvalue weighted by Gasteiger charge is 2.51. The van der Waals surface area contributed by atoms with Crippen molar-refractivity contribution in [2.75, 3.05) is 13.1 Å². The first-order chi connectivity index (χ1) is 17.7. The molecule has 0 aromatic heterocycles. The van der Waals surface area contributed by atoms with Gasteiger partial charge in [0.1, 0.15) is 24.0 Å². The molecular weight excluding hydrogens is 468 g/mol. The van der Waals surface area contributed by atoms with Crippen LogP contribution >= 0.6 is 0 Å². The second-order valence-corrected chi connectivity index (χ2v) is 11.4. The van der Waals surface area contributed by atoms with E-state index in [2.05, 4.69) is 25.2 Å². The molecule has 0 spiro atoms. The lowest BCUT2D eigenvalue weighted by Crippen LogP contribution is -2.58. The molecule has 2 saturated heterocycles. The first-order valence-electron chi connectivity index (χ1n) is 13.4. The molecule has 0 unspecified atom stereocenters. The first kappa shape index (κ1) is 25.6. The molecule has 198 valence electrons. The molecule has 0 aliphatic carbocycles. The Balaban J connectivity index is 1.23. The van der Waals surface area contributed by atoms with Crippen LogP contribution in [0.5, 0.6) is 5.75 Å². The number of hydrogen-bond donors (Lipinski definition) is 1. The van der Waals surface area contributed by atoms with Crippen molar-refractivity contribution in [2.45, 2.75) is 71.0 Å². The quantitative estimate of drug-likeness (QED) is 0.610. The summed E-state index contributed by atoms with van der Waals surface area (Å²) in [5, 5.41) is 2.82. The van der Waals surface area contributed by atoms with Crippen LogP contribution in [0.15, 0.2) is 54.6 Å². The summed E-state index contributed by atoms with van der Waals surface area (Å²) in [6, 6.07) is 17.0. The standard InChI is InChI=1S/C30H38N2O5/c1-19(2)26(31-29(34)35-18-20-10-6-5-7-11-20)28(33)32-15-14-24-21(17-32)16-23-27(36-24)22-12-8-9-13-25(22)37-30(23,3)4/h5-13,19,21,23-24,26-27H,14-18H2,1-4H3,(H,31,34)/t21-,23+,24+,26+,27-/m1/s1. The predicted molar refractivity (Wildman–Crippen MR) is 140 cm³/mol. The SMILES string of the molecule is CC(C)[C@H](NC(=O)OCc1ccccc1)C(=O)N1CC[C@@H]2O[C@@H]3c4ccccc4OC(C)(C)[C@H]3C[C@@H]2C1. The molecule has 5 atom stereocenters. The van der Waals surface area contributed by atoms with Crippen molar-refractivity contribution in [3.63, 3.8) is 0 Å². The Morgan fingerprint density at radius 3 is 2.59 bits per heavy atom. The zero-order chi connectivity index (χ0) is 26.2. The Morgan fingerprint density at radius 2 is 1.84 bits per heavy atom. The van der Waals surface area contributed by atoms with E-state index in [0.29, 0.717) is 13.1 Å². The number of amides is 2. The molecule has 1 N–H and O–H groups in total. The minimum Gasteiger partial charge on any atom is -0.487 e. The molecule has 0 radical (unpaired) electrons. The number of nitrogens with zero attached hydrogens (tertiary/aromatic N) is 1. The third-order valence-corrected chi connectivity index (χ3v) is 8.13. The fourth-order valence-corrected chi connectivity index (χ4v) is 6.06. The predicted octanol–water partition coefficient (Wildman–Crippen LogP) is 5.10. The van der Waals surface area contributed by atoms with Crippen molar-refractivity contribution in [1.29, 1.82) is 0 Å². The lowest BCUT2D eigenvalue weighted by atomic mass is 9.70. The van der Waals surface area contributed by atoms with Gasteiger partial charge in [0.15, 0.2) is 0 Å². The fraction of sp³-hybridized carbons (Fsp3) is 0.533. The normalized spacial score (nSPS) is 26.7. The van der Waals surface area contributed by atoms with Crippen LogP contribution in [0.2, 0.25) is 0 Å². The van der Waals surface area contributed by atoms with E-state index in [1.54, 1.807) is 0 Å². The lowest BCUT2D eigenvalue weighted by molar-refractivity contribution is -0.189. The van der Waals surface area contributed by atoms with Crippen LogP contribution in [-0.4, -0.2) is 47.7 Å². The third kappa shape index (κ3) is 5.33. The van der Waals surface area contributed by atoms with Gasteiger partial charge < -0.3 is 24.4 Å². The Kier molecular flexibility index (Phi) is 7.17. The summed E-state index contributed by atoms with van der Waals surface area (Å²) in [6.07, 6.45) is 1.25. The van der Waals surface area contributed by atoms with E-state index in [4.69, 9.17) is 14.2 Å². The van der Waals surface area contributed by atoms with Gasteiger partial charge in [-0.25, -0.2) is 4.79 Å². The molecule has 2 amide bonds. The van der Waals surface area contributed by atoms with E-state index in [-0.39, 0.29) is 48.1 Å². The van der Waals surface area contributed by atoms with Crippen LogP contribution in [-0.2, 0) is 20.9 Å². The average Bonchev–Trinajstić information content (AvgIpc) is 2.89. The Hall–Kier alpha value is -3.06. The highest BCUT2D eigenvalue weighted by Crippen LogP contribution is 2.52. The van der Waals surface area contributed by atoms with Gasteiger partial charge in [-0.15, -0.1) is 0 Å². The van der Waals surface area contributed by atoms with Gasteiger partial charge in [0.25, 0.3) is 0 Å². The molecule has 2 fully saturated rings. The van der Waals surface area contributed by atoms with Crippen molar-refractivity contribution < 1.29 is 23.8 Å². The second kappa shape index (κ2) is 10.4. The zero-order valence-corrected chi connectivity index (χ0v) is 22.2. The van der Waals surface area contributed by atoms with Gasteiger partial charge in [-0.1, -0.05) is 62.4 Å². The summed E-state index contributed by atoms with van der Waals surface area (Å²) in [4.78, 5) is 28.0. The number of ether oxygens (including phenoxy) is 3. The van der Waals surface area contributed by atoms with Crippen molar-refractivity contribution in [2.24, 2.45) is 17.8 Å². The Bertz CT molecular complexity index is 1120. The molecule has 37 heavy (non-hydrogen) atoms. The van der Waals surface area contributed by atoms with Gasteiger partial charge in [0.05, 0.1) is 12.2 Å². The van der Waals surface area contributed by atoms with Crippen molar-refractivity contribution in [1.82, 2.24) is 10.2 Å². The second-order valence-electron chi connectivity index (χ2n) is 11.4.